The van der Waals surface area contributed by atoms with Crippen molar-refractivity contribution in [3.63, 3.8) is 0 Å². The molecule has 1 fully saturated rings. The summed E-state index contributed by atoms with van der Waals surface area (Å²) < 4.78 is 6.78. The highest BCUT2D eigenvalue weighted by Crippen LogP contribution is 2.42. The Morgan fingerprint density at radius 2 is 1.88 bits per heavy atom. The maximum Gasteiger partial charge on any atom is 0.342 e. The lowest BCUT2D eigenvalue weighted by atomic mass is 10.1. The molecule has 1 heterocycles. The van der Waals surface area contributed by atoms with Gasteiger partial charge in [-0.3, -0.25) is 4.79 Å². The SMILES string of the molecule is CCNC(=O)n1nc(-c2ccc(NC(=O)c3ccc(OCC)cc3)cc2O)cc1C1CC1. The van der Waals surface area contributed by atoms with Gasteiger partial charge in [-0.1, -0.05) is 0 Å². The molecule has 8 nitrogen and oxygen atoms in total. The third kappa shape index (κ3) is 4.59. The first-order valence-electron chi connectivity index (χ1n) is 10.8. The number of amides is 2. The van der Waals surface area contributed by atoms with Crippen molar-refractivity contribution < 1.29 is 19.4 Å². The molecule has 0 aliphatic heterocycles. The van der Waals surface area contributed by atoms with Crippen molar-refractivity contribution in [2.24, 2.45) is 0 Å². The van der Waals surface area contributed by atoms with Gasteiger partial charge in [0.15, 0.2) is 0 Å². The van der Waals surface area contributed by atoms with Gasteiger partial charge in [0.2, 0.25) is 0 Å². The molecular formula is C24H26N4O4. The van der Waals surface area contributed by atoms with Crippen LogP contribution in [0.25, 0.3) is 11.3 Å². The first-order valence-corrected chi connectivity index (χ1v) is 10.8. The van der Waals surface area contributed by atoms with E-state index in [4.69, 9.17) is 4.74 Å². The fourth-order valence-electron chi connectivity index (χ4n) is 3.48. The van der Waals surface area contributed by atoms with Gasteiger partial charge in [-0.05, 0) is 69.2 Å². The van der Waals surface area contributed by atoms with E-state index in [0.717, 1.165) is 18.5 Å². The van der Waals surface area contributed by atoms with Crippen molar-refractivity contribution in [3.05, 3.63) is 59.8 Å². The van der Waals surface area contributed by atoms with Crippen LogP contribution >= 0.6 is 0 Å². The molecule has 0 radical (unpaired) electrons. The molecule has 166 valence electrons. The highest BCUT2D eigenvalue weighted by Gasteiger charge is 2.30. The van der Waals surface area contributed by atoms with Crippen molar-refractivity contribution in [2.75, 3.05) is 18.5 Å². The van der Waals surface area contributed by atoms with Gasteiger partial charge in [0, 0.05) is 35.3 Å². The maximum absolute atomic E-state index is 12.5. The van der Waals surface area contributed by atoms with E-state index in [1.165, 1.54) is 10.7 Å². The normalized spacial score (nSPS) is 12.9. The van der Waals surface area contributed by atoms with E-state index in [1.807, 2.05) is 19.9 Å². The summed E-state index contributed by atoms with van der Waals surface area (Å²) >= 11 is 0. The molecule has 3 aromatic rings. The third-order valence-electron chi connectivity index (χ3n) is 5.21. The second-order valence-electron chi connectivity index (χ2n) is 7.62. The van der Waals surface area contributed by atoms with Crippen molar-refractivity contribution >= 4 is 17.6 Å². The molecule has 2 amide bonds. The number of anilines is 1. The van der Waals surface area contributed by atoms with Crippen LogP contribution in [0.3, 0.4) is 0 Å². The highest BCUT2D eigenvalue weighted by atomic mass is 16.5. The quantitative estimate of drug-likeness (QED) is 0.512. The minimum absolute atomic E-state index is 0.0302. The van der Waals surface area contributed by atoms with Crippen LogP contribution in [0.5, 0.6) is 11.5 Å². The Balaban J connectivity index is 1.53. The lowest BCUT2D eigenvalue weighted by Crippen LogP contribution is -2.30. The van der Waals surface area contributed by atoms with Gasteiger partial charge in [-0.15, -0.1) is 0 Å². The number of aromatic nitrogens is 2. The number of carbonyl (C=O) groups excluding carboxylic acids is 2. The number of phenols is 1. The molecule has 0 saturated heterocycles. The summed E-state index contributed by atoms with van der Waals surface area (Å²) in [5.74, 6) is 0.687. The number of phenolic OH excluding ortho intramolecular Hbond substituents is 1. The molecule has 1 aromatic heterocycles. The summed E-state index contributed by atoms with van der Waals surface area (Å²) in [6, 6.07) is 13.3. The first kappa shape index (κ1) is 21.4. The predicted octanol–water partition coefficient (Wildman–Crippen LogP) is 4.36. The standard InChI is InChI=1S/C24H26N4O4/c1-3-25-24(31)28-21(15-5-6-15)14-20(27-28)19-12-9-17(13-22(19)29)26-23(30)16-7-10-18(11-8-16)32-4-2/h7-15,29H,3-6H2,1-2H3,(H,25,31)(H,26,30). The molecule has 32 heavy (non-hydrogen) atoms. The van der Waals surface area contributed by atoms with E-state index >= 15 is 0 Å². The molecule has 3 N–H and O–H groups in total. The summed E-state index contributed by atoms with van der Waals surface area (Å²) in [6.45, 7) is 4.81. The zero-order valence-electron chi connectivity index (χ0n) is 18.1. The number of carbonyl (C=O) groups is 2. The van der Waals surface area contributed by atoms with Crippen LogP contribution in [0, 0.1) is 0 Å². The van der Waals surface area contributed by atoms with E-state index in [9.17, 15) is 14.7 Å². The van der Waals surface area contributed by atoms with Crippen molar-refractivity contribution in [1.82, 2.24) is 15.1 Å². The van der Waals surface area contributed by atoms with Crippen LogP contribution in [-0.2, 0) is 0 Å². The number of rotatable bonds is 7. The summed E-state index contributed by atoms with van der Waals surface area (Å²) in [5.41, 5.74) is 2.79. The van der Waals surface area contributed by atoms with Crippen molar-refractivity contribution in [2.45, 2.75) is 32.6 Å². The van der Waals surface area contributed by atoms with E-state index in [2.05, 4.69) is 15.7 Å². The molecule has 0 atom stereocenters. The van der Waals surface area contributed by atoms with Crippen molar-refractivity contribution in [1.29, 1.82) is 0 Å². The van der Waals surface area contributed by atoms with E-state index < -0.39 is 0 Å². The van der Waals surface area contributed by atoms with Crippen LogP contribution in [0.4, 0.5) is 10.5 Å². The zero-order chi connectivity index (χ0) is 22.7. The number of hydrogen-bond donors (Lipinski definition) is 3. The third-order valence-corrected chi connectivity index (χ3v) is 5.21. The van der Waals surface area contributed by atoms with E-state index in [1.54, 1.807) is 36.4 Å². The topological polar surface area (TPSA) is 105 Å². The van der Waals surface area contributed by atoms with Gasteiger partial charge < -0.3 is 20.5 Å². The zero-order valence-corrected chi connectivity index (χ0v) is 18.1. The molecule has 0 unspecified atom stereocenters. The second-order valence-corrected chi connectivity index (χ2v) is 7.62. The number of ether oxygens (including phenoxy) is 1. The van der Waals surface area contributed by atoms with Crippen LogP contribution in [0.2, 0.25) is 0 Å². The maximum atomic E-state index is 12.5. The monoisotopic (exact) mass is 434 g/mol. The average Bonchev–Trinajstić information content (AvgIpc) is 3.53. The lowest BCUT2D eigenvalue weighted by Gasteiger charge is -2.09. The fraction of sp³-hybridized carbons (Fsp3) is 0.292. The Morgan fingerprint density at radius 3 is 2.50 bits per heavy atom. The Morgan fingerprint density at radius 1 is 1.12 bits per heavy atom. The van der Waals surface area contributed by atoms with Gasteiger partial charge in [0.25, 0.3) is 5.91 Å². The van der Waals surface area contributed by atoms with Crippen LogP contribution in [0.15, 0.2) is 48.5 Å². The summed E-state index contributed by atoms with van der Waals surface area (Å²) in [7, 11) is 0. The van der Waals surface area contributed by atoms with Crippen molar-refractivity contribution in [3.8, 4) is 22.8 Å². The summed E-state index contributed by atoms with van der Waals surface area (Å²) in [4.78, 5) is 24.9. The highest BCUT2D eigenvalue weighted by molar-refractivity contribution is 6.04. The molecule has 1 saturated carbocycles. The van der Waals surface area contributed by atoms with Gasteiger partial charge in [0.05, 0.1) is 18.0 Å². The number of nitrogens with one attached hydrogen (secondary N) is 2. The van der Waals surface area contributed by atoms with Crippen LogP contribution in [-0.4, -0.2) is 40.0 Å². The smallest absolute Gasteiger partial charge is 0.342 e. The van der Waals surface area contributed by atoms with Crippen LogP contribution in [0.1, 0.15) is 48.7 Å². The van der Waals surface area contributed by atoms with Gasteiger partial charge in [-0.25, -0.2) is 4.79 Å². The average molecular weight is 434 g/mol. The minimum atomic E-state index is -0.295. The van der Waals surface area contributed by atoms with Crippen LogP contribution < -0.4 is 15.4 Å². The number of benzene rings is 2. The Hall–Kier alpha value is -3.81. The minimum Gasteiger partial charge on any atom is -0.507 e. The Bertz CT molecular complexity index is 1130. The predicted molar refractivity (Wildman–Crippen MR) is 121 cm³/mol. The first-order chi connectivity index (χ1) is 15.5. The van der Waals surface area contributed by atoms with Gasteiger partial charge >= 0.3 is 6.03 Å². The summed E-state index contributed by atoms with van der Waals surface area (Å²) in [5, 5.41) is 20.6. The molecule has 8 heteroatoms. The van der Waals surface area contributed by atoms with E-state index in [-0.39, 0.29) is 17.7 Å². The number of hydrogen-bond acceptors (Lipinski definition) is 5. The molecule has 0 spiro atoms. The molecule has 4 rings (SSSR count). The molecule has 1 aliphatic carbocycles. The fourth-order valence-corrected chi connectivity index (χ4v) is 3.48. The summed E-state index contributed by atoms with van der Waals surface area (Å²) in [6.07, 6.45) is 2.04. The Kier molecular flexibility index (Phi) is 6.11. The van der Waals surface area contributed by atoms with E-state index in [0.29, 0.717) is 47.3 Å². The molecule has 1 aliphatic rings. The molecule has 0 bridgehead atoms. The molecular weight excluding hydrogens is 408 g/mol. The molecule has 2 aromatic carbocycles. The Labute approximate surface area is 186 Å². The largest absolute Gasteiger partial charge is 0.507 e. The van der Waals surface area contributed by atoms with Gasteiger partial charge in [0.1, 0.15) is 11.5 Å². The number of nitrogens with zero attached hydrogens (tertiary/aromatic N) is 2. The lowest BCUT2D eigenvalue weighted by molar-refractivity contribution is 0.102. The second kappa shape index (κ2) is 9.13. The van der Waals surface area contributed by atoms with Gasteiger partial charge in [-0.2, -0.15) is 9.78 Å². The number of aromatic hydroxyl groups is 1.